The smallest absolute Gasteiger partial charge is 0.151 e. The van der Waals surface area contributed by atoms with Gasteiger partial charge in [-0.15, -0.1) is 5.10 Å². The highest BCUT2D eigenvalue weighted by Gasteiger charge is 2.04. The monoisotopic (exact) mass is 279 g/mol. The predicted molar refractivity (Wildman–Crippen MR) is 80.5 cm³/mol. The van der Waals surface area contributed by atoms with Gasteiger partial charge >= 0.3 is 0 Å². The highest BCUT2D eigenvalue weighted by Crippen LogP contribution is 2.14. The molecule has 3 aromatic rings. The van der Waals surface area contributed by atoms with Gasteiger partial charge < -0.3 is 4.57 Å². The predicted octanol–water partition coefficient (Wildman–Crippen LogP) is 2.68. The van der Waals surface area contributed by atoms with Gasteiger partial charge in [0.15, 0.2) is 5.82 Å². The summed E-state index contributed by atoms with van der Waals surface area (Å²) in [5, 5.41) is 8.18. The average Bonchev–Trinajstić information content (AvgIpc) is 2.94. The molecule has 0 amide bonds. The molecule has 0 aliphatic carbocycles. The molecule has 0 aliphatic heterocycles. The molecule has 0 saturated carbocycles. The summed E-state index contributed by atoms with van der Waals surface area (Å²) in [4.78, 5) is 8.80. The van der Waals surface area contributed by atoms with Crippen LogP contribution in [0.1, 0.15) is 18.1 Å². The molecule has 0 saturated heterocycles. The topological polar surface area (TPSA) is 56.5 Å². The molecule has 0 fully saturated rings. The number of benzene rings is 1. The molecule has 2 aromatic heterocycles. The van der Waals surface area contributed by atoms with Crippen molar-refractivity contribution in [1.29, 1.82) is 0 Å². The highest BCUT2D eigenvalue weighted by atomic mass is 15.1. The minimum atomic E-state index is 0.786. The third-order valence-corrected chi connectivity index (χ3v) is 3.40. The van der Waals surface area contributed by atoms with Crippen LogP contribution in [0.3, 0.4) is 0 Å². The molecule has 5 heteroatoms. The molecule has 21 heavy (non-hydrogen) atoms. The first-order valence-electron chi connectivity index (χ1n) is 7.05. The lowest BCUT2D eigenvalue weighted by Crippen LogP contribution is -2.04. The van der Waals surface area contributed by atoms with E-state index >= 15 is 0 Å². The SMILES string of the molecule is Cc1nccn1CCCc1nncc(-c2ccccc2)n1. The second kappa shape index (κ2) is 6.26. The number of rotatable bonds is 5. The second-order valence-corrected chi connectivity index (χ2v) is 4.90. The van der Waals surface area contributed by atoms with Crippen LogP contribution in [0.25, 0.3) is 11.3 Å². The minimum Gasteiger partial charge on any atom is -0.335 e. The van der Waals surface area contributed by atoms with E-state index in [9.17, 15) is 0 Å². The van der Waals surface area contributed by atoms with Gasteiger partial charge in [0.25, 0.3) is 0 Å². The van der Waals surface area contributed by atoms with E-state index in [0.717, 1.165) is 42.3 Å². The van der Waals surface area contributed by atoms with Gasteiger partial charge in [-0.1, -0.05) is 30.3 Å². The molecule has 0 radical (unpaired) electrons. The maximum Gasteiger partial charge on any atom is 0.151 e. The largest absolute Gasteiger partial charge is 0.335 e. The van der Waals surface area contributed by atoms with Crippen LogP contribution in [0, 0.1) is 6.92 Å². The number of hydrogen-bond acceptors (Lipinski definition) is 4. The molecule has 106 valence electrons. The Bertz CT molecular complexity index is 705. The molecule has 0 aliphatic rings. The number of aromatic nitrogens is 5. The third kappa shape index (κ3) is 3.31. The zero-order valence-corrected chi connectivity index (χ0v) is 12.0. The average molecular weight is 279 g/mol. The standard InChI is InChI=1S/C16H17N5/c1-13-17-9-11-21(13)10-5-8-16-19-15(12-18-20-16)14-6-3-2-4-7-14/h2-4,6-7,9,11-12H,5,8,10H2,1H3. The summed E-state index contributed by atoms with van der Waals surface area (Å²) in [5.74, 6) is 1.82. The summed E-state index contributed by atoms with van der Waals surface area (Å²) in [6, 6.07) is 10.1. The molecule has 1 aromatic carbocycles. The normalized spacial score (nSPS) is 10.7. The molecule has 0 N–H and O–H groups in total. The Morgan fingerprint density at radius 2 is 2.00 bits per heavy atom. The summed E-state index contributed by atoms with van der Waals surface area (Å²) >= 11 is 0. The van der Waals surface area contributed by atoms with Crippen LogP contribution in [0.4, 0.5) is 0 Å². The maximum atomic E-state index is 4.59. The number of aryl methyl sites for hydroxylation is 3. The maximum absolute atomic E-state index is 4.59. The number of imidazole rings is 1. The van der Waals surface area contributed by atoms with Gasteiger partial charge in [-0.2, -0.15) is 5.10 Å². The van der Waals surface area contributed by atoms with E-state index in [1.165, 1.54) is 0 Å². The van der Waals surface area contributed by atoms with Crippen LogP contribution in [0.2, 0.25) is 0 Å². The molecule has 0 spiro atoms. The van der Waals surface area contributed by atoms with Gasteiger partial charge in [-0.3, -0.25) is 0 Å². The van der Waals surface area contributed by atoms with Crippen LogP contribution in [-0.4, -0.2) is 24.7 Å². The van der Waals surface area contributed by atoms with Crippen molar-refractivity contribution < 1.29 is 0 Å². The molecule has 0 atom stereocenters. The van der Waals surface area contributed by atoms with E-state index < -0.39 is 0 Å². The van der Waals surface area contributed by atoms with Gasteiger partial charge in [0.05, 0.1) is 11.9 Å². The first-order chi connectivity index (χ1) is 10.3. The van der Waals surface area contributed by atoms with Crippen molar-refractivity contribution in [1.82, 2.24) is 24.7 Å². The highest BCUT2D eigenvalue weighted by molar-refractivity contribution is 5.57. The van der Waals surface area contributed by atoms with Crippen molar-refractivity contribution in [3.05, 3.63) is 60.6 Å². The molecule has 0 bridgehead atoms. The van der Waals surface area contributed by atoms with E-state index in [4.69, 9.17) is 0 Å². The molecular formula is C16H17N5. The van der Waals surface area contributed by atoms with E-state index in [1.807, 2.05) is 49.6 Å². The molecule has 2 heterocycles. The molecular weight excluding hydrogens is 262 g/mol. The van der Waals surface area contributed by atoms with E-state index in [-0.39, 0.29) is 0 Å². The lowest BCUT2D eigenvalue weighted by Gasteiger charge is -2.05. The Morgan fingerprint density at radius 3 is 2.76 bits per heavy atom. The van der Waals surface area contributed by atoms with Gasteiger partial charge in [-0.05, 0) is 13.3 Å². The van der Waals surface area contributed by atoms with E-state index in [0.29, 0.717) is 0 Å². The van der Waals surface area contributed by atoms with Gasteiger partial charge in [0, 0.05) is 30.9 Å². The van der Waals surface area contributed by atoms with E-state index in [2.05, 4.69) is 24.7 Å². The van der Waals surface area contributed by atoms with Gasteiger partial charge in [-0.25, -0.2) is 9.97 Å². The summed E-state index contributed by atoms with van der Waals surface area (Å²) in [6.45, 7) is 2.93. The zero-order chi connectivity index (χ0) is 14.5. The van der Waals surface area contributed by atoms with Crippen molar-refractivity contribution >= 4 is 0 Å². The lowest BCUT2D eigenvalue weighted by atomic mass is 10.2. The van der Waals surface area contributed by atoms with E-state index in [1.54, 1.807) is 6.20 Å². The van der Waals surface area contributed by atoms with Crippen LogP contribution in [-0.2, 0) is 13.0 Å². The first kappa shape index (κ1) is 13.4. The van der Waals surface area contributed by atoms with Crippen LogP contribution < -0.4 is 0 Å². The summed E-state index contributed by atoms with van der Waals surface area (Å²) in [6.07, 6.45) is 7.31. The fraction of sp³-hybridized carbons (Fsp3) is 0.250. The number of nitrogens with zero attached hydrogens (tertiary/aromatic N) is 5. The molecule has 0 unspecified atom stereocenters. The fourth-order valence-corrected chi connectivity index (χ4v) is 2.24. The Balaban J connectivity index is 1.65. The van der Waals surface area contributed by atoms with Crippen molar-refractivity contribution in [3.63, 3.8) is 0 Å². The van der Waals surface area contributed by atoms with Crippen molar-refractivity contribution in [3.8, 4) is 11.3 Å². The molecule has 5 nitrogen and oxygen atoms in total. The summed E-state index contributed by atoms with van der Waals surface area (Å²) in [5.41, 5.74) is 1.94. The zero-order valence-electron chi connectivity index (χ0n) is 12.0. The van der Waals surface area contributed by atoms with Crippen molar-refractivity contribution in [2.75, 3.05) is 0 Å². The van der Waals surface area contributed by atoms with Gasteiger partial charge in [0.2, 0.25) is 0 Å². The Morgan fingerprint density at radius 1 is 1.14 bits per heavy atom. The van der Waals surface area contributed by atoms with Crippen molar-refractivity contribution in [2.45, 2.75) is 26.3 Å². The minimum absolute atomic E-state index is 0.786. The first-order valence-corrected chi connectivity index (χ1v) is 7.05. The summed E-state index contributed by atoms with van der Waals surface area (Å²) < 4.78 is 2.13. The van der Waals surface area contributed by atoms with Gasteiger partial charge in [0.1, 0.15) is 5.82 Å². The fourth-order valence-electron chi connectivity index (χ4n) is 2.24. The van der Waals surface area contributed by atoms with Crippen molar-refractivity contribution in [2.24, 2.45) is 0 Å². The second-order valence-electron chi connectivity index (χ2n) is 4.90. The van der Waals surface area contributed by atoms with Crippen LogP contribution >= 0.6 is 0 Å². The Kier molecular flexibility index (Phi) is 4.00. The quantitative estimate of drug-likeness (QED) is 0.720. The third-order valence-electron chi connectivity index (χ3n) is 3.40. The molecule has 3 rings (SSSR count). The Labute approximate surface area is 123 Å². The summed E-state index contributed by atoms with van der Waals surface area (Å²) in [7, 11) is 0. The number of hydrogen-bond donors (Lipinski definition) is 0. The van der Waals surface area contributed by atoms with Crippen LogP contribution in [0.5, 0.6) is 0 Å². The van der Waals surface area contributed by atoms with Crippen LogP contribution in [0.15, 0.2) is 48.9 Å². The lowest BCUT2D eigenvalue weighted by molar-refractivity contribution is 0.609. The Hall–Kier alpha value is -2.56.